The maximum atomic E-state index is 12.9. The Labute approximate surface area is 235 Å². The van der Waals surface area contributed by atoms with Crippen LogP contribution in [0.25, 0.3) is 0 Å². The number of hydrogen-bond donors (Lipinski definition) is 4. The first-order valence-corrected chi connectivity index (χ1v) is 15.5. The van der Waals surface area contributed by atoms with Crippen molar-refractivity contribution in [2.24, 2.45) is 0 Å². The summed E-state index contributed by atoms with van der Waals surface area (Å²) in [4.78, 5) is 24.2. The molecule has 0 aromatic heterocycles. The fraction of sp³-hybridized carbons (Fsp3) is 0.933. The maximum absolute atomic E-state index is 12.9. The molecule has 2 unspecified atom stereocenters. The van der Waals surface area contributed by atoms with Crippen LogP contribution in [0.5, 0.6) is 0 Å². The van der Waals surface area contributed by atoms with Gasteiger partial charge in [-0.1, -0.05) is 97.3 Å². The molecule has 0 bridgehead atoms. The van der Waals surface area contributed by atoms with E-state index in [4.69, 9.17) is 14.2 Å². The van der Waals surface area contributed by atoms with Crippen molar-refractivity contribution < 1.29 is 44.2 Å². The standard InChI is InChI=1S/C30H56O9/c1-4-6-8-10-11-12-13-15-17-19-24(39-30-29(36)28(35)27(34)22(3)37-30)21-26(33)38-23(20-25(31)32)18-16-14-9-7-5-2/h22-24,27-30,34-36H,4-21H2,1-3H3,(H,31,32)/t22-,23?,24?,27-,28+,29+,30-/m0/s1. The summed E-state index contributed by atoms with van der Waals surface area (Å²) in [6, 6.07) is 0. The fourth-order valence-electron chi connectivity index (χ4n) is 5.01. The van der Waals surface area contributed by atoms with Gasteiger partial charge in [0, 0.05) is 0 Å². The zero-order valence-electron chi connectivity index (χ0n) is 24.6. The second-order valence-corrected chi connectivity index (χ2v) is 11.2. The van der Waals surface area contributed by atoms with E-state index in [1.54, 1.807) is 6.92 Å². The Hall–Kier alpha value is -1.26. The summed E-state index contributed by atoms with van der Waals surface area (Å²) in [5, 5.41) is 39.8. The van der Waals surface area contributed by atoms with E-state index in [9.17, 15) is 30.0 Å². The van der Waals surface area contributed by atoms with Gasteiger partial charge in [0.2, 0.25) is 0 Å². The Morgan fingerprint density at radius 1 is 0.692 bits per heavy atom. The highest BCUT2D eigenvalue weighted by molar-refractivity contribution is 5.72. The third-order valence-corrected chi connectivity index (χ3v) is 7.49. The molecule has 39 heavy (non-hydrogen) atoms. The predicted molar refractivity (Wildman–Crippen MR) is 149 cm³/mol. The molecule has 1 rings (SSSR count). The number of aliphatic hydroxyl groups excluding tert-OH is 3. The van der Waals surface area contributed by atoms with Crippen molar-refractivity contribution in [1.82, 2.24) is 0 Å². The lowest BCUT2D eigenvalue weighted by molar-refractivity contribution is -0.304. The first-order valence-electron chi connectivity index (χ1n) is 15.5. The summed E-state index contributed by atoms with van der Waals surface area (Å²) >= 11 is 0. The quantitative estimate of drug-likeness (QED) is 0.0972. The third-order valence-electron chi connectivity index (χ3n) is 7.49. The Bertz CT molecular complexity index is 644. The molecule has 1 aliphatic rings. The van der Waals surface area contributed by atoms with Crippen LogP contribution in [-0.4, -0.2) is 75.3 Å². The smallest absolute Gasteiger partial charge is 0.308 e. The zero-order valence-corrected chi connectivity index (χ0v) is 24.6. The van der Waals surface area contributed by atoms with Gasteiger partial charge in [-0.05, 0) is 26.2 Å². The molecule has 0 amide bonds. The average molecular weight is 561 g/mol. The number of esters is 1. The van der Waals surface area contributed by atoms with E-state index in [0.29, 0.717) is 12.8 Å². The van der Waals surface area contributed by atoms with Gasteiger partial charge in [0.1, 0.15) is 24.4 Å². The molecule has 0 spiro atoms. The number of hydrogen-bond acceptors (Lipinski definition) is 8. The van der Waals surface area contributed by atoms with Gasteiger partial charge >= 0.3 is 11.9 Å². The summed E-state index contributed by atoms with van der Waals surface area (Å²) < 4.78 is 17.1. The maximum Gasteiger partial charge on any atom is 0.308 e. The summed E-state index contributed by atoms with van der Waals surface area (Å²) in [5.41, 5.74) is 0. The van der Waals surface area contributed by atoms with E-state index in [1.165, 1.54) is 38.5 Å². The highest BCUT2D eigenvalue weighted by Crippen LogP contribution is 2.25. The van der Waals surface area contributed by atoms with Crippen LogP contribution < -0.4 is 0 Å². The van der Waals surface area contributed by atoms with Crippen LogP contribution >= 0.6 is 0 Å². The molecule has 4 N–H and O–H groups in total. The van der Waals surface area contributed by atoms with Crippen LogP contribution in [0.15, 0.2) is 0 Å². The molecule has 1 fully saturated rings. The van der Waals surface area contributed by atoms with Gasteiger partial charge in [-0.2, -0.15) is 0 Å². The van der Waals surface area contributed by atoms with E-state index in [-0.39, 0.29) is 12.8 Å². The third kappa shape index (κ3) is 15.9. The number of aliphatic carboxylic acids is 1. The first kappa shape index (κ1) is 35.8. The Morgan fingerprint density at radius 3 is 1.69 bits per heavy atom. The molecule has 0 aromatic rings. The highest BCUT2D eigenvalue weighted by atomic mass is 16.7. The van der Waals surface area contributed by atoms with Crippen molar-refractivity contribution in [2.75, 3.05) is 0 Å². The molecular formula is C30H56O9. The molecule has 1 aliphatic heterocycles. The van der Waals surface area contributed by atoms with Gasteiger partial charge in [0.05, 0.1) is 25.0 Å². The lowest BCUT2D eigenvalue weighted by Gasteiger charge is -2.40. The summed E-state index contributed by atoms with van der Waals surface area (Å²) in [6.45, 7) is 5.91. The summed E-state index contributed by atoms with van der Waals surface area (Å²) in [6.07, 6.45) is 8.67. The number of rotatable bonds is 23. The summed E-state index contributed by atoms with van der Waals surface area (Å²) in [7, 11) is 0. The number of aliphatic hydroxyl groups is 3. The molecule has 0 aromatic carbocycles. The van der Waals surface area contributed by atoms with Crippen LogP contribution in [0, 0.1) is 0 Å². The van der Waals surface area contributed by atoms with Crippen molar-refractivity contribution >= 4 is 11.9 Å². The topological polar surface area (TPSA) is 143 Å². The van der Waals surface area contributed by atoms with E-state index in [0.717, 1.165) is 51.4 Å². The molecule has 0 aliphatic carbocycles. The van der Waals surface area contributed by atoms with Crippen LogP contribution in [0.2, 0.25) is 0 Å². The Kier molecular flexibility index (Phi) is 19.7. The predicted octanol–water partition coefficient (Wildman–Crippen LogP) is 5.26. The second-order valence-electron chi connectivity index (χ2n) is 11.2. The monoisotopic (exact) mass is 560 g/mol. The highest BCUT2D eigenvalue weighted by Gasteiger charge is 2.43. The molecular weight excluding hydrogens is 504 g/mol. The van der Waals surface area contributed by atoms with Crippen LogP contribution in [0.3, 0.4) is 0 Å². The minimum absolute atomic E-state index is 0.109. The number of ether oxygens (including phenoxy) is 3. The molecule has 0 radical (unpaired) electrons. The molecule has 1 saturated heterocycles. The van der Waals surface area contributed by atoms with Crippen LogP contribution in [-0.2, 0) is 23.8 Å². The van der Waals surface area contributed by atoms with Gasteiger partial charge in [0.25, 0.3) is 0 Å². The van der Waals surface area contributed by atoms with E-state index < -0.39 is 54.9 Å². The molecule has 9 nitrogen and oxygen atoms in total. The van der Waals surface area contributed by atoms with Gasteiger partial charge in [0.15, 0.2) is 6.29 Å². The van der Waals surface area contributed by atoms with Crippen molar-refractivity contribution in [3.05, 3.63) is 0 Å². The number of unbranched alkanes of at least 4 members (excludes halogenated alkanes) is 12. The molecule has 9 heteroatoms. The number of carbonyl (C=O) groups is 2. The Morgan fingerprint density at radius 2 is 1.18 bits per heavy atom. The number of carboxylic acid groups (broad SMARTS) is 1. The SMILES string of the molecule is CCCCCCCCCCCC(CC(=O)OC(CCCCCCC)CC(=O)O)O[C@@H]1O[C@@H](C)[C@H](O)[C@@H](O)[C@H]1O. The second kappa shape index (κ2) is 21.5. The fourth-order valence-corrected chi connectivity index (χ4v) is 5.01. The molecule has 230 valence electrons. The van der Waals surface area contributed by atoms with Crippen molar-refractivity contribution in [1.29, 1.82) is 0 Å². The van der Waals surface area contributed by atoms with Crippen LogP contribution in [0.1, 0.15) is 136 Å². The van der Waals surface area contributed by atoms with E-state index >= 15 is 0 Å². The van der Waals surface area contributed by atoms with Gasteiger partial charge in [-0.3, -0.25) is 9.59 Å². The number of carboxylic acids is 1. The minimum atomic E-state index is -1.46. The van der Waals surface area contributed by atoms with Gasteiger partial charge < -0.3 is 34.6 Å². The first-order chi connectivity index (χ1) is 18.7. The van der Waals surface area contributed by atoms with E-state index in [1.807, 2.05) is 0 Å². The minimum Gasteiger partial charge on any atom is -0.481 e. The molecule has 1 heterocycles. The van der Waals surface area contributed by atoms with Crippen LogP contribution in [0.4, 0.5) is 0 Å². The summed E-state index contributed by atoms with van der Waals surface area (Å²) in [5.74, 6) is -1.56. The van der Waals surface area contributed by atoms with E-state index in [2.05, 4.69) is 13.8 Å². The molecule has 7 atom stereocenters. The van der Waals surface area contributed by atoms with Crippen molar-refractivity contribution in [3.63, 3.8) is 0 Å². The number of carbonyl (C=O) groups excluding carboxylic acids is 1. The Balaban J connectivity index is 2.67. The van der Waals surface area contributed by atoms with Crippen molar-refractivity contribution in [3.8, 4) is 0 Å². The lowest BCUT2D eigenvalue weighted by Crippen LogP contribution is -2.58. The lowest BCUT2D eigenvalue weighted by atomic mass is 9.99. The van der Waals surface area contributed by atoms with Gasteiger partial charge in [-0.25, -0.2) is 0 Å². The molecule has 0 saturated carbocycles. The normalized spacial score (nSPS) is 24.8. The zero-order chi connectivity index (χ0) is 29.0. The average Bonchev–Trinajstić information content (AvgIpc) is 2.88. The largest absolute Gasteiger partial charge is 0.481 e. The van der Waals surface area contributed by atoms with Gasteiger partial charge in [-0.15, -0.1) is 0 Å². The van der Waals surface area contributed by atoms with Crippen molar-refractivity contribution in [2.45, 2.75) is 179 Å².